The molecule has 0 spiro atoms. The molecule has 0 unspecified atom stereocenters. The minimum absolute atomic E-state index is 0.219. The van der Waals surface area contributed by atoms with Gasteiger partial charge >= 0.3 is 12.1 Å². The third-order valence-corrected chi connectivity index (χ3v) is 5.06. The summed E-state index contributed by atoms with van der Waals surface area (Å²) in [5, 5.41) is 12.0. The van der Waals surface area contributed by atoms with Gasteiger partial charge in [0.2, 0.25) is 0 Å². The number of halogens is 1. The Hall–Kier alpha value is -1.82. The Morgan fingerprint density at radius 3 is 2.37 bits per heavy atom. The molecular formula is C21H28BrNO4. The SMILES string of the molecule is CC(C)(C)OC(=O)N[C@@H](C/C=C(\c1ccc(Br)cc1)C1CCCC1)C(=O)O. The Labute approximate surface area is 169 Å². The van der Waals surface area contributed by atoms with Crippen molar-refractivity contribution in [2.45, 2.75) is 64.5 Å². The molecule has 1 amide bonds. The van der Waals surface area contributed by atoms with Gasteiger partial charge in [-0.15, -0.1) is 0 Å². The van der Waals surface area contributed by atoms with Crippen molar-refractivity contribution >= 4 is 33.6 Å². The number of carbonyl (C=O) groups excluding carboxylic acids is 1. The van der Waals surface area contributed by atoms with Crippen LogP contribution in [0.5, 0.6) is 0 Å². The third kappa shape index (κ3) is 7.01. The predicted octanol–water partition coefficient (Wildman–Crippen LogP) is 5.39. The average molecular weight is 438 g/mol. The second kappa shape index (κ2) is 9.40. The number of allylic oxidation sites excluding steroid dienone is 1. The van der Waals surface area contributed by atoms with Crippen LogP contribution in [0.3, 0.4) is 0 Å². The summed E-state index contributed by atoms with van der Waals surface area (Å²) < 4.78 is 6.19. The normalized spacial score (nSPS) is 16.8. The number of carbonyl (C=O) groups is 2. The number of ether oxygens (including phenoxy) is 1. The molecule has 0 bridgehead atoms. The minimum atomic E-state index is -1.07. The fourth-order valence-electron chi connectivity index (χ4n) is 3.32. The van der Waals surface area contributed by atoms with Crippen molar-refractivity contribution in [2.24, 2.45) is 5.92 Å². The number of hydrogen-bond acceptors (Lipinski definition) is 3. The van der Waals surface area contributed by atoms with E-state index in [1.807, 2.05) is 30.3 Å². The van der Waals surface area contributed by atoms with Crippen molar-refractivity contribution in [1.29, 1.82) is 0 Å². The Balaban J connectivity index is 2.16. The summed E-state index contributed by atoms with van der Waals surface area (Å²) in [5.74, 6) is -0.638. The van der Waals surface area contributed by atoms with Gasteiger partial charge in [0.15, 0.2) is 0 Å². The number of benzene rings is 1. The van der Waals surface area contributed by atoms with Crippen LogP contribution in [0.25, 0.3) is 5.57 Å². The Kier molecular flexibility index (Phi) is 7.48. The molecule has 2 rings (SSSR count). The zero-order chi connectivity index (χ0) is 20.0. The second-order valence-corrected chi connectivity index (χ2v) is 8.84. The van der Waals surface area contributed by atoms with Crippen LogP contribution < -0.4 is 5.32 Å². The molecule has 2 N–H and O–H groups in total. The van der Waals surface area contributed by atoms with E-state index < -0.39 is 23.7 Å². The van der Waals surface area contributed by atoms with Crippen LogP contribution in [0.2, 0.25) is 0 Å². The van der Waals surface area contributed by atoms with Gasteiger partial charge in [-0.1, -0.05) is 47.0 Å². The van der Waals surface area contributed by atoms with Crippen LogP contribution in [0.15, 0.2) is 34.8 Å². The molecule has 1 aliphatic rings. The van der Waals surface area contributed by atoms with Crippen LogP contribution >= 0.6 is 15.9 Å². The van der Waals surface area contributed by atoms with Gasteiger partial charge in [-0.05, 0) is 69.2 Å². The van der Waals surface area contributed by atoms with Gasteiger partial charge in [0.25, 0.3) is 0 Å². The smallest absolute Gasteiger partial charge is 0.408 e. The van der Waals surface area contributed by atoms with Crippen molar-refractivity contribution in [3.05, 3.63) is 40.4 Å². The summed E-state index contributed by atoms with van der Waals surface area (Å²) in [7, 11) is 0. The van der Waals surface area contributed by atoms with Crippen LogP contribution in [-0.4, -0.2) is 28.8 Å². The van der Waals surface area contributed by atoms with E-state index in [9.17, 15) is 14.7 Å². The maximum atomic E-state index is 12.0. The molecule has 1 fully saturated rings. The number of carboxylic acids is 1. The molecule has 1 aromatic rings. The first-order chi connectivity index (χ1) is 12.7. The summed E-state index contributed by atoms with van der Waals surface area (Å²) in [4.78, 5) is 23.6. The van der Waals surface area contributed by atoms with Crippen molar-refractivity contribution in [3.8, 4) is 0 Å². The van der Waals surface area contributed by atoms with E-state index in [-0.39, 0.29) is 6.42 Å². The molecule has 148 valence electrons. The number of amides is 1. The van der Waals surface area contributed by atoms with Gasteiger partial charge in [0, 0.05) is 4.47 Å². The molecule has 0 radical (unpaired) electrons. The number of hydrogen-bond donors (Lipinski definition) is 2. The number of aliphatic carboxylic acids is 1. The highest BCUT2D eigenvalue weighted by Crippen LogP contribution is 2.37. The first kappa shape index (κ1) is 21.5. The first-order valence-electron chi connectivity index (χ1n) is 9.34. The highest BCUT2D eigenvalue weighted by atomic mass is 79.9. The fraction of sp³-hybridized carbons (Fsp3) is 0.524. The standard InChI is InChI=1S/C21H28BrNO4/c1-21(2,3)27-20(26)23-18(19(24)25)13-12-17(14-6-4-5-7-14)15-8-10-16(22)11-9-15/h8-12,14,18H,4-7,13H2,1-3H3,(H,23,26)(H,24,25)/b17-12-/t18-/m0/s1. The van der Waals surface area contributed by atoms with Crippen LogP contribution in [-0.2, 0) is 9.53 Å². The van der Waals surface area contributed by atoms with E-state index in [1.165, 1.54) is 12.8 Å². The average Bonchev–Trinajstić information content (AvgIpc) is 3.08. The van der Waals surface area contributed by atoms with Crippen molar-refractivity contribution in [1.82, 2.24) is 5.32 Å². The lowest BCUT2D eigenvalue weighted by Gasteiger charge is -2.22. The molecule has 27 heavy (non-hydrogen) atoms. The zero-order valence-corrected chi connectivity index (χ0v) is 17.7. The Bertz CT molecular complexity index is 685. The lowest BCUT2D eigenvalue weighted by molar-refractivity contribution is -0.139. The molecule has 0 aliphatic heterocycles. The van der Waals surface area contributed by atoms with Gasteiger partial charge in [0.05, 0.1) is 0 Å². The molecular weight excluding hydrogens is 410 g/mol. The van der Waals surface area contributed by atoms with Gasteiger partial charge in [0.1, 0.15) is 11.6 Å². The maximum absolute atomic E-state index is 12.0. The monoisotopic (exact) mass is 437 g/mol. The van der Waals surface area contributed by atoms with Crippen LogP contribution in [0.4, 0.5) is 4.79 Å². The number of nitrogens with one attached hydrogen (secondary N) is 1. The number of alkyl carbamates (subject to hydrolysis) is 1. The lowest BCUT2D eigenvalue weighted by atomic mass is 9.89. The van der Waals surface area contributed by atoms with Crippen molar-refractivity contribution < 1.29 is 19.4 Å². The molecule has 1 saturated carbocycles. The Morgan fingerprint density at radius 1 is 1.26 bits per heavy atom. The summed E-state index contributed by atoms with van der Waals surface area (Å²) in [5.41, 5.74) is 1.60. The number of rotatable bonds is 6. The maximum Gasteiger partial charge on any atom is 0.408 e. The first-order valence-corrected chi connectivity index (χ1v) is 10.1. The zero-order valence-electron chi connectivity index (χ0n) is 16.1. The highest BCUT2D eigenvalue weighted by molar-refractivity contribution is 9.10. The summed E-state index contributed by atoms with van der Waals surface area (Å²) in [6.45, 7) is 5.23. The Morgan fingerprint density at radius 2 is 1.85 bits per heavy atom. The topological polar surface area (TPSA) is 75.6 Å². The van der Waals surface area contributed by atoms with Gasteiger partial charge in [-0.2, -0.15) is 0 Å². The summed E-state index contributed by atoms with van der Waals surface area (Å²) in [6, 6.07) is 7.06. The second-order valence-electron chi connectivity index (χ2n) is 7.92. The predicted molar refractivity (Wildman–Crippen MR) is 109 cm³/mol. The van der Waals surface area contributed by atoms with Crippen LogP contribution in [0.1, 0.15) is 58.4 Å². The van der Waals surface area contributed by atoms with Crippen molar-refractivity contribution in [2.75, 3.05) is 0 Å². The fourth-order valence-corrected chi connectivity index (χ4v) is 3.58. The molecule has 0 aromatic heterocycles. The molecule has 1 atom stereocenters. The molecule has 1 aromatic carbocycles. The van der Waals surface area contributed by atoms with E-state index in [2.05, 4.69) is 21.2 Å². The quantitative estimate of drug-likeness (QED) is 0.625. The largest absolute Gasteiger partial charge is 0.480 e. The lowest BCUT2D eigenvalue weighted by Crippen LogP contribution is -2.43. The minimum Gasteiger partial charge on any atom is -0.480 e. The molecule has 1 aliphatic carbocycles. The molecule has 0 saturated heterocycles. The summed E-state index contributed by atoms with van der Waals surface area (Å²) in [6.07, 6.45) is 6.08. The van der Waals surface area contributed by atoms with Crippen LogP contribution in [0, 0.1) is 5.92 Å². The molecule has 6 heteroatoms. The highest BCUT2D eigenvalue weighted by Gasteiger charge is 2.25. The van der Waals surface area contributed by atoms with E-state index in [1.54, 1.807) is 20.8 Å². The van der Waals surface area contributed by atoms with E-state index in [4.69, 9.17) is 4.74 Å². The van der Waals surface area contributed by atoms with E-state index >= 15 is 0 Å². The number of carboxylic acid groups (broad SMARTS) is 1. The molecule has 5 nitrogen and oxygen atoms in total. The van der Waals surface area contributed by atoms with E-state index in [0.717, 1.165) is 28.5 Å². The van der Waals surface area contributed by atoms with Gasteiger partial charge in [-0.3, -0.25) is 0 Å². The van der Waals surface area contributed by atoms with Crippen molar-refractivity contribution in [3.63, 3.8) is 0 Å². The molecule has 0 heterocycles. The van der Waals surface area contributed by atoms with E-state index in [0.29, 0.717) is 5.92 Å². The third-order valence-electron chi connectivity index (χ3n) is 4.54. The van der Waals surface area contributed by atoms with Gasteiger partial charge in [-0.25, -0.2) is 9.59 Å². The van der Waals surface area contributed by atoms with Gasteiger partial charge < -0.3 is 15.2 Å². The summed E-state index contributed by atoms with van der Waals surface area (Å²) >= 11 is 3.45.